The van der Waals surface area contributed by atoms with Crippen LogP contribution in [-0.4, -0.2) is 27.3 Å². The molecule has 0 aromatic heterocycles. The van der Waals surface area contributed by atoms with Crippen LogP contribution in [0.2, 0.25) is 0 Å². The van der Waals surface area contributed by atoms with Gasteiger partial charge in [0, 0.05) is 5.56 Å². The molecule has 0 bridgehead atoms. The van der Waals surface area contributed by atoms with Crippen molar-refractivity contribution in [1.82, 2.24) is 0 Å². The lowest BCUT2D eigenvalue weighted by atomic mass is 9.70. The Morgan fingerprint density at radius 3 is 1.69 bits per heavy atom. The lowest BCUT2D eigenvalue weighted by Crippen LogP contribution is -2.44. The summed E-state index contributed by atoms with van der Waals surface area (Å²) in [5.41, 5.74) is -1.62. The van der Waals surface area contributed by atoms with Crippen LogP contribution in [-0.2, 0) is 25.8 Å². The van der Waals surface area contributed by atoms with E-state index in [2.05, 4.69) is 0 Å². The van der Waals surface area contributed by atoms with Gasteiger partial charge in [-0.05, 0) is 34.4 Å². The van der Waals surface area contributed by atoms with Crippen molar-refractivity contribution in [3.8, 4) is 5.75 Å². The van der Waals surface area contributed by atoms with Gasteiger partial charge in [-0.2, -0.15) is 0 Å². The molecule has 0 aliphatic rings. The molecule has 146 valence electrons. The monoisotopic (exact) mass is 364 g/mol. The van der Waals surface area contributed by atoms with Crippen molar-refractivity contribution < 1.29 is 24.9 Å². The molecule has 0 unspecified atom stereocenters. The zero-order valence-corrected chi connectivity index (χ0v) is 16.9. The van der Waals surface area contributed by atoms with E-state index in [-0.39, 0.29) is 23.1 Å². The minimum atomic E-state index is -2.17. The Morgan fingerprint density at radius 2 is 1.35 bits per heavy atom. The van der Waals surface area contributed by atoms with E-state index in [1.807, 2.05) is 54.5 Å². The standard InChI is InChI=1S/C21H32O5/c1-8-9-10-21(17(23)24,18(25)26)15-12-13(19(2,3)4)11-14(16(15)22)20(5,6)7/h11-12,22H,8-10H2,1-7H3,(H,23,24)(H,25,26). The molecule has 0 amide bonds. The fraction of sp³-hybridized carbons (Fsp3) is 0.619. The van der Waals surface area contributed by atoms with Crippen molar-refractivity contribution in [1.29, 1.82) is 0 Å². The Hall–Kier alpha value is -2.04. The second kappa shape index (κ2) is 7.29. The number of phenols is 1. The van der Waals surface area contributed by atoms with E-state index in [1.165, 1.54) is 0 Å². The van der Waals surface area contributed by atoms with Crippen LogP contribution in [0.4, 0.5) is 0 Å². The third-order valence-electron chi connectivity index (χ3n) is 4.88. The van der Waals surface area contributed by atoms with E-state index in [0.29, 0.717) is 18.4 Å². The van der Waals surface area contributed by atoms with Crippen LogP contribution < -0.4 is 0 Å². The van der Waals surface area contributed by atoms with Gasteiger partial charge in [-0.3, -0.25) is 9.59 Å². The van der Waals surface area contributed by atoms with Crippen molar-refractivity contribution >= 4 is 11.9 Å². The number of carbonyl (C=O) groups is 2. The molecule has 1 rings (SSSR count). The average Bonchev–Trinajstić information content (AvgIpc) is 2.46. The van der Waals surface area contributed by atoms with Crippen LogP contribution in [0.3, 0.4) is 0 Å². The first-order valence-electron chi connectivity index (χ1n) is 9.04. The summed E-state index contributed by atoms with van der Waals surface area (Å²) >= 11 is 0. The SMILES string of the molecule is CCCCC(C(=O)O)(C(=O)O)c1cc(C(C)(C)C)cc(C(C)(C)C)c1O. The molecular formula is C21H32O5. The number of carboxylic acids is 2. The normalized spacial score (nSPS) is 12.9. The van der Waals surface area contributed by atoms with E-state index in [9.17, 15) is 24.9 Å². The Bertz CT molecular complexity index is 676. The Kier molecular flexibility index (Phi) is 6.17. The Balaban J connectivity index is 3.97. The lowest BCUT2D eigenvalue weighted by Gasteiger charge is -2.32. The van der Waals surface area contributed by atoms with Gasteiger partial charge in [0.05, 0.1) is 0 Å². The van der Waals surface area contributed by atoms with E-state index < -0.39 is 22.8 Å². The molecule has 0 heterocycles. The minimum Gasteiger partial charge on any atom is -0.507 e. The number of hydrogen-bond donors (Lipinski definition) is 3. The maximum Gasteiger partial charge on any atom is 0.325 e. The molecule has 1 aromatic carbocycles. The summed E-state index contributed by atoms with van der Waals surface area (Å²) in [5, 5.41) is 30.7. The molecule has 5 heteroatoms. The highest BCUT2D eigenvalue weighted by molar-refractivity contribution is 6.05. The molecule has 26 heavy (non-hydrogen) atoms. The molecule has 0 fully saturated rings. The van der Waals surface area contributed by atoms with Gasteiger partial charge >= 0.3 is 11.9 Å². The molecule has 0 spiro atoms. The average molecular weight is 364 g/mol. The van der Waals surface area contributed by atoms with Gasteiger partial charge in [-0.25, -0.2) is 0 Å². The molecule has 0 atom stereocenters. The van der Waals surface area contributed by atoms with Crippen LogP contribution in [0.15, 0.2) is 12.1 Å². The van der Waals surface area contributed by atoms with Gasteiger partial charge in [0.25, 0.3) is 0 Å². The number of aromatic hydroxyl groups is 1. The van der Waals surface area contributed by atoms with E-state index in [1.54, 1.807) is 6.07 Å². The maximum absolute atomic E-state index is 12.2. The Labute approximate surface area is 156 Å². The summed E-state index contributed by atoms with van der Waals surface area (Å²) in [6.45, 7) is 13.5. The number of carboxylic acid groups (broad SMARTS) is 2. The van der Waals surface area contributed by atoms with Gasteiger partial charge in [0.15, 0.2) is 5.41 Å². The number of unbranched alkanes of at least 4 members (excludes halogenated alkanes) is 1. The number of phenolic OH excluding ortho intramolecular Hbond substituents is 1. The second-order valence-corrected chi connectivity index (χ2v) is 9.04. The van der Waals surface area contributed by atoms with Gasteiger partial charge in [-0.1, -0.05) is 67.4 Å². The van der Waals surface area contributed by atoms with Crippen molar-refractivity contribution in [2.24, 2.45) is 0 Å². The van der Waals surface area contributed by atoms with E-state index in [4.69, 9.17) is 0 Å². The highest BCUT2D eigenvalue weighted by Crippen LogP contribution is 2.44. The second-order valence-electron chi connectivity index (χ2n) is 9.04. The van der Waals surface area contributed by atoms with Crippen molar-refractivity contribution in [3.05, 3.63) is 28.8 Å². The fourth-order valence-corrected chi connectivity index (χ4v) is 3.08. The predicted octanol–water partition coefficient (Wildman–Crippen LogP) is 4.58. The van der Waals surface area contributed by atoms with Crippen LogP contribution >= 0.6 is 0 Å². The third-order valence-corrected chi connectivity index (χ3v) is 4.88. The number of benzene rings is 1. The summed E-state index contributed by atoms with van der Waals surface area (Å²) in [5.74, 6) is -3.12. The molecule has 0 saturated heterocycles. The molecule has 0 aliphatic carbocycles. The van der Waals surface area contributed by atoms with Gasteiger partial charge < -0.3 is 15.3 Å². The molecule has 5 nitrogen and oxygen atoms in total. The van der Waals surface area contributed by atoms with E-state index >= 15 is 0 Å². The van der Waals surface area contributed by atoms with E-state index in [0.717, 1.165) is 5.56 Å². The summed E-state index contributed by atoms with van der Waals surface area (Å²) in [6.07, 6.45) is 1.02. The van der Waals surface area contributed by atoms with Gasteiger partial charge in [0.2, 0.25) is 0 Å². The molecule has 0 radical (unpaired) electrons. The van der Waals surface area contributed by atoms with Crippen molar-refractivity contribution in [2.75, 3.05) is 0 Å². The van der Waals surface area contributed by atoms with Crippen LogP contribution in [0.1, 0.15) is 84.4 Å². The summed E-state index contributed by atoms with van der Waals surface area (Å²) in [6, 6.07) is 3.41. The molecule has 3 N–H and O–H groups in total. The first kappa shape index (κ1) is 22.0. The topological polar surface area (TPSA) is 94.8 Å². The lowest BCUT2D eigenvalue weighted by molar-refractivity contribution is -0.158. The highest BCUT2D eigenvalue weighted by Gasteiger charge is 2.50. The van der Waals surface area contributed by atoms with Gasteiger partial charge in [-0.15, -0.1) is 0 Å². The quantitative estimate of drug-likeness (QED) is 0.642. The predicted molar refractivity (Wildman–Crippen MR) is 102 cm³/mol. The van der Waals surface area contributed by atoms with Crippen LogP contribution in [0.25, 0.3) is 0 Å². The zero-order chi connectivity index (χ0) is 20.5. The first-order chi connectivity index (χ1) is 11.7. The third kappa shape index (κ3) is 4.02. The fourth-order valence-electron chi connectivity index (χ4n) is 3.08. The Morgan fingerprint density at radius 1 is 0.885 bits per heavy atom. The maximum atomic E-state index is 12.2. The molecule has 1 aromatic rings. The van der Waals surface area contributed by atoms with Crippen LogP contribution in [0.5, 0.6) is 5.75 Å². The minimum absolute atomic E-state index is 0.0247. The van der Waals surface area contributed by atoms with Crippen LogP contribution in [0, 0.1) is 0 Å². The smallest absolute Gasteiger partial charge is 0.325 e. The molecule has 0 aliphatic heterocycles. The molecular weight excluding hydrogens is 332 g/mol. The summed E-state index contributed by atoms with van der Waals surface area (Å²) in [7, 11) is 0. The van der Waals surface area contributed by atoms with Gasteiger partial charge in [0.1, 0.15) is 5.75 Å². The summed E-state index contributed by atoms with van der Waals surface area (Å²) < 4.78 is 0. The van der Waals surface area contributed by atoms with Crippen molar-refractivity contribution in [2.45, 2.75) is 84.0 Å². The number of hydrogen-bond acceptors (Lipinski definition) is 3. The highest BCUT2D eigenvalue weighted by atomic mass is 16.4. The zero-order valence-electron chi connectivity index (χ0n) is 16.9. The first-order valence-corrected chi connectivity index (χ1v) is 9.04. The number of rotatable bonds is 6. The van der Waals surface area contributed by atoms with Crippen molar-refractivity contribution in [3.63, 3.8) is 0 Å². The summed E-state index contributed by atoms with van der Waals surface area (Å²) in [4.78, 5) is 24.3. The number of aliphatic carboxylic acids is 2. The largest absolute Gasteiger partial charge is 0.507 e. The molecule has 0 saturated carbocycles.